The van der Waals surface area contributed by atoms with E-state index >= 15 is 0 Å². The summed E-state index contributed by atoms with van der Waals surface area (Å²) in [5.41, 5.74) is 7.03. The lowest BCUT2D eigenvalue weighted by molar-refractivity contribution is 0.857. The molecule has 0 unspecified atom stereocenters. The molecular formula is C6H16N4. The summed E-state index contributed by atoms with van der Waals surface area (Å²) >= 11 is 0. The summed E-state index contributed by atoms with van der Waals surface area (Å²) in [5.74, 6) is 4.72. The van der Waals surface area contributed by atoms with Crippen molar-refractivity contribution < 1.29 is 0 Å². The summed E-state index contributed by atoms with van der Waals surface area (Å²) < 4.78 is 0. The molecule has 1 aliphatic rings. The van der Waals surface area contributed by atoms with Crippen molar-refractivity contribution in [2.75, 3.05) is 13.1 Å². The highest BCUT2D eigenvalue weighted by Crippen LogP contribution is 1.90. The van der Waals surface area contributed by atoms with E-state index in [0.717, 1.165) is 0 Å². The summed E-state index contributed by atoms with van der Waals surface area (Å²) in [4.78, 5) is 0. The molecule has 1 heterocycles. The number of rotatable bonds is 1. The van der Waals surface area contributed by atoms with Gasteiger partial charge >= 0.3 is 0 Å². The van der Waals surface area contributed by atoms with Crippen molar-refractivity contribution >= 4 is 0 Å². The van der Waals surface area contributed by atoms with Gasteiger partial charge in [0, 0.05) is 12.4 Å². The summed E-state index contributed by atoms with van der Waals surface area (Å²) in [6.07, 6.45) is 5.53. The Balaban J connectivity index is 0.000000162. The zero-order chi connectivity index (χ0) is 7.66. The highest BCUT2D eigenvalue weighted by atomic mass is 15.2. The van der Waals surface area contributed by atoms with Crippen LogP contribution in [0.1, 0.15) is 12.8 Å². The molecule has 0 radical (unpaired) electrons. The third kappa shape index (κ3) is 7.26. The second-order valence-corrected chi connectivity index (χ2v) is 1.98. The predicted octanol–water partition coefficient (Wildman–Crippen LogP) is -0.751. The fourth-order valence-electron chi connectivity index (χ4n) is 0.681. The van der Waals surface area contributed by atoms with E-state index in [9.17, 15) is 0 Å². The highest BCUT2D eigenvalue weighted by Gasteiger charge is 1.93. The maximum Gasteiger partial charge on any atom is 0.0278 e. The van der Waals surface area contributed by atoms with Crippen LogP contribution < -0.4 is 22.3 Å². The highest BCUT2D eigenvalue weighted by molar-refractivity contribution is 4.67. The number of nitrogens with one attached hydrogen (secondary N) is 2. The monoisotopic (exact) mass is 144 g/mol. The van der Waals surface area contributed by atoms with E-state index in [4.69, 9.17) is 11.6 Å². The lowest BCUT2D eigenvalue weighted by atomic mass is 10.4. The Labute approximate surface area is 61.6 Å². The quantitative estimate of drug-likeness (QED) is 0.288. The van der Waals surface area contributed by atoms with Gasteiger partial charge in [0.25, 0.3) is 0 Å². The fraction of sp³-hybridized carbons (Fsp3) is 0.667. The number of hydrogen-bond donors (Lipinski definition) is 4. The molecule has 0 saturated carbocycles. The largest absolute Gasteiger partial charge is 0.403 e. The van der Waals surface area contributed by atoms with Crippen molar-refractivity contribution in [2.24, 2.45) is 11.6 Å². The van der Waals surface area contributed by atoms with Crippen LogP contribution in [0.25, 0.3) is 0 Å². The van der Waals surface area contributed by atoms with Crippen LogP contribution in [0.5, 0.6) is 0 Å². The zero-order valence-corrected chi connectivity index (χ0v) is 6.14. The van der Waals surface area contributed by atoms with Crippen LogP contribution in [0.4, 0.5) is 0 Å². The lowest BCUT2D eigenvalue weighted by Crippen LogP contribution is -2.13. The molecule has 0 atom stereocenters. The van der Waals surface area contributed by atoms with Gasteiger partial charge in [-0.25, -0.2) is 0 Å². The molecular weight excluding hydrogens is 128 g/mol. The fourth-order valence-corrected chi connectivity index (χ4v) is 0.681. The molecule has 0 aromatic heterocycles. The van der Waals surface area contributed by atoms with Gasteiger partial charge in [0.05, 0.1) is 0 Å². The molecule has 0 aliphatic carbocycles. The molecule has 0 amide bonds. The Hall–Kier alpha value is -0.740. The zero-order valence-electron chi connectivity index (χ0n) is 6.14. The molecule has 60 valence electrons. The van der Waals surface area contributed by atoms with E-state index in [0.29, 0.717) is 0 Å². The number of hydrogen-bond acceptors (Lipinski definition) is 4. The summed E-state index contributed by atoms with van der Waals surface area (Å²) in [6, 6.07) is 0. The smallest absolute Gasteiger partial charge is 0.0278 e. The molecule has 10 heavy (non-hydrogen) atoms. The molecule has 1 fully saturated rings. The van der Waals surface area contributed by atoms with Crippen molar-refractivity contribution in [2.45, 2.75) is 12.8 Å². The van der Waals surface area contributed by atoms with Gasteiger partial charge in [0.2, 0.25) is 0 Å². The van der Waals surface area contributed by atoms with Crippen LogP contribution in [0, 0.1) is 0 Å². The molecule has 4 nitrogen and oxygen atoms in total. The van der Waals surface area contributed by atoms with Gasteiger partial charge < -0.3 is 16.5 Å². The summed E-state index contributed by atoms with van der Waals surface area (Å²) in [6.45, 7) is 2.50. The molecule has 1 saturated heterocycles. The molecule has 0 bridgehead atoms. The molecule has 4 heteroatoms. The van der Waals surface area contributed by atoms with Crippen LogP contribution in [0.15, 0.2) is 12.4 Å². The minimum absolute atomic E-state index is 1.25. The van der Waals surface area contributed by atoms with Gasteiger partial charge in [-0.15, -0.1) is 0 Å². The second-order valence-electron chi connectivity index (χ2n) is 1.98. The van der Waals surface area contributed by atoms with Gasteiger partial charge in [-0.2, -0.15) is 0 Å². The lowest BCUT2D eigenvalue weighted by Gasteiger charge is -1.76. The van der Waals surface area contributed by atoms with Gasteiger partial charge in [-0.1, -0.05) is 0 Å². The van der Waals surface area contributed by atoms with E-state index in [1.807, 2.05) is 0 Å². The van der Waals surface area contributed by atoms with E-state index in [1.54, 1.807) is 0 Å². The van der Waals surface area contributed by atoms with Crippen molar-refractivity contribution in [1.29, 1.82) is 0 Å². The topological polar surface area (TPSA) is 76.1 Å². The minimum atomic E-state index is 1.25. The third-order valence-electron chi connectivity index (χ3n) is 1.15. The Bertz CT molecular complexity index is 70.2. The molecule has 0 aromatic carbocycles. The van der Waals surface area contributed by atoms with Crippen molar-refractivity contribution in [3.63, 3.8) is 0 Å². The molecule has 0 spiro atoms. The van der Waals surface area contributed by atoms with Crippen LogP contribution >= 0.6 is 0 Å². The second kappa shape index (κ2) is 8.26. The standard InChI is InChI=1S/C4H9N.C2H7N3/c1-2-4-5-3-1;3-1-2-5-4/h5H,1-4H2;1-2,5H,3-4H2/b;2-1-. The van der Waals surface area contributed by atoms with Crippen molar-refractivity contribution in [3.05, 3.63) is 12.4 Å². The summed E-state index contributed by atoms with van der Waals surface area (Å²) in [5, 5.41) is 3.22. The number of nitrogens with two attached hydrogens (primary N) is 2. The van der Waals surface area contributed by atoms with Gasteiger partial charge in [-0.05, 0) is 25.9 Å². The van der Waals surface area contributed by atoms with Crippen LogP contribution in [-0.4, -0.2) is 13.1 Å². The molecule has 1 rings (SSSR count). The Morgan fingerprint density at radius 1 is 1.30 bits per heavy atom. The van der Waals surface area contributed by atoms with Gasteiger partial charge in [0.15, 0.2) is 0 Å². The first-order chi connectivity index (χ1) is 4.91. The normalized spacial score (nSPS) is 16.5. The van der Waals surface area contributed by atoms with E-state index in [2.05, 4.69) is 10.7 Å². The van der Waals surface area contributed by atoms with Crippen LogP contribution in [0.3, 0.4) is 0 Å². The Morgan fingerprint density at radius 2 is 1.90 bits per heavy atom. The van der Waals surface area contributed by atoms with Gasteiger partial charge in [0.1, 0.15) is 0 Å². The molecule has 0 aromatic rings. The SMILES string of the molecule is C1CCNC1.N/C=C\NN. The summed E-state index contributed by atoms with van der Waals surface area (Å²) in [7, 11) is 0. The van der Waals surface area contributed by atoms with Crippen LogP contribution in [0.2, 0.25) is 0 Å². The maximum atomic E-state index is 4.82. The molecule has 6 N–H and O–H groups in total. The first kappa shape index (κ1) is 9.26. The van der Waals surface area contributed by atoms with Gasteiger partial charge in [-0.3, -0.25) is 5.84 Å². The number of hydrazine groups is 1. The first-order valence-corrected chi connectivity index (χ1v) is 3.45. The van der Waals surface area contributed by atoms with E-state index < -0.39 is 0 Å². The first-order valence-electron chi connectivity index (χ1n) is 3.45. The van der Waals surface area contributed by atoms with E-state index in [1.165, 1.54) is 38.3 Å². The Morgan fingerprint density at radius 3 is 2.00 bits per heavy atom. The predicted molar refractivity (Wildman–Crippen MR) is 42.8 cm³/mol. The minimum Gasteiger partial charge on any atom is -0.403 e. The Kier molecular flexibility index (Phi) is 7.65. The van der Waals surface area contributed by atoms with Crippen molar-refractivity contribution in [1.82, 2.24) is 10.7 Å². The maximum absolute atomic E-state index is 4.82. The average molecular weight is 144 g/mol. The van der Waals surface area contributed by atoms with Crippen molar-refractivity contribution in [3.8, 4) is 0 Å². The van der Waals surface area contributed by atoms with Crippen LogP contribution in [-0.2, 0) is 0 Å². The third-order valence-corrected chi connectivity index (χ3v) is 1.15. The molecule has 1 aliphatic heterocycles. The average Bonchev–Trinajstić information content (AvgIpc) is 2.44. The van der Waals surface area contributed by atoms with E-state index in [-0.39, 0.29) is 0 Å².